The highest BCUT2D eigenvalue weighted by atomic mass is 32.1. The van der Waals surface area contributed by atoms with Crippen LogP contribution in [-0.2, 0) is 6.42 Å². The molecule has 1 nitrogen and oxygen atoms in total. The van der Waals surface area contributed by atoms with Gasteiger partial charge in [0, 0.05) is 23.2 Å². The van der Waals surface area contributed by atoms with Crippen molar-refractivity contribution in [2.75, 3.05) is 12.4 Å². The van der Waals surface area contributed by atoms with E-state index in [0.717, 1.165) is 6.42 Å². The topological polar surface area (TPSA) is 12.0 Å². The van der Waals surface area contributed by atoms with E-state index in [-0.39, 0.29) is 0 Å². The molecule has 0 atom stereocenters. The number of thiophene rings is 1. The van der Waals surface area contributed by atoms with E-state index in [1.54, 1.807) is 11.3 Å². The van der Waals surface area contributed by atoms with Crippen LogP contribution in [0.4, 0.5) is 5.69 Å². The third-order valence-corrected chi connectivity index (χ3v) is 3.78. The van der Waals surface area contributed by atoms with E-state index >= 15 is 0 Å². The summed E-state index contributed by atoms with van der Waals surface area (Å²) in [4.78, 5) is 1.29. The minimum absolute atomic E-state index is 1.12. The molecule has 0 bridgehead atoms. The summed E-state index contributed by atoms with van der Waals surface area (Å²) < 4.78 is 0. The molecule has 0 aliphatic heterocycles. The Morgan fingerprint density at radius 1 is 1.17 bits per heavy atom. The summed E-state index contributed by atoms with van der Waals surface area (Å²) in [6, 6.07) is 10.7. The van der Waals surface area contributed by atoms with E-state index in [9.17, 15) is 0 Å². The summed E-state index contributed by atoms with van der Waals surface area (Å²) in [5.74, 6) is 0. The Morgan fingerprint density at radius 2 is 2.06 bits per heavy atom. The van der Waals surface area contributed by atoms with E-state index < -0.39 is 0 Å². The van der Waals surface area contributed by atoms with Crippen molar-refractivity contribution < 1.29 is 0 Å². The summed E-state index contributed by atoms with van der Waals surface area (Å²) in [6.45, 7) is 2.22. The predicted octanol–water partition coefficient (Wildman–Crippen LogP) is 4.91. The fraction of sp³-hybridized carbons (Fsp3) is 0.250. The first-order chi connectivity index (χ1) is 8.85. The van der Waals surface area contributed by atoms with Crippen LogP contribution in [0.2, 0.25) is 0 Å². The Kier molecular flexibility index (Phi) is 4.59. The Morgan fingerprint density at radius 3 is 2.72 bits per heavy atom. The van der Waals surface area contributed by atoms with Crippen molar-refractivity contribution in [1.29, 1.82) is 0 Å². The van der Waals surface area contributed by atoms with Crippen LogP contribution in [0.3, 0.4) is 0 Å². The standard InChI is InChI=1S/C16H19NS/c1-3-6-13-7-4-9-16(17-2)15(13)11-10-14-8-5-12-18-14/h4-5,7-12,17H,3,6H2,1-2H3/b11-10+. The summed E-state index contributed by atoms with van der Waals surface area (Å²) in [5.41, 5.74) is 3.93. The molecule has 0 unspecified atom stereocenters. The maximum absolute atomic E-state index is 3.28. The van der Waals surface area contributed by atoms with Crippen LogP contribution < -0.4 is 5.32 Å². The molecule has 0 saturated heterocycles. The lowest BCUT2D eigenvalue weighted by Crippen LogP contribution is -1.96. The van der Waals surface area contributed by atoms with Gasteiger partial charge in [0.05, 0.1) is 0 Å². The lowest BCUT2D eigenvalue weighted by atomic mass is 10.0. The van der Waals surface area contributed by atoms with Gasteiger partial charge in [-0.05, 0) is 35.6 Å². The zero-order valence-corrected chi connectivity index (χ0v) is 11.8. The minimum Gasteiger partial charge on any atom is -0.388 e. The molecule has 0 fully saturated rings. The number of nitrogens with one attached hydrogen (secondary N) is 1. The van der Waals surface area contributed by atoms with Gasteiger partial charge >= 0.3 is 0 Å². The SMILES string of the molecule is CCCc1cccc(NC)c1/C=C/c1cccs1. The number of anilines is 1. The van der Waals surface area contributed by atoms with Crippen LogP contribution >= 0.6 is 11.3 Å². The molecule has 2 heteroatoms. The lowest BCUT2D eigenvalue weighted by Gasteiger charge is -2.10. The summed E-state index contributed by atoms with van der Waals surface area (Å²) in [6.07, 6.45) is 6.72. The molecule has 1 N–H and O–H groups in total. The van der Waals surface area contributed by atoms with Crippen LogP contribution in [0.15, 0.2) is 35.7 Å². The van der Waals surface area contributed by atoms with Crippen molar-refractivity contribution in [3.63, 3.8) is 0 Å². The molecule has 2 rings (SSSR count). The van der Waals surface area contributed by atoms with Gasteiger partial charge in [0.2, 0.25) is 0 Å². The largest absolute Gasteiger partial charge is 0.388 e. The van der Waals surface area contributed by atoms with E-state index in [0.29, 0.717) is 0 Å². The lowest BCUT2D eigenvalue weighted by molar-refractivity contribution is 0.920. The number of rotatable bonds is 5. The second-order valence-electron chi connectivity index (χ2n) is 4.23. The summed E-state index contributed by atoms with van der Waals surface area (Å²) in [7, 11) is 1.98. The van der Waals surface area contributed by atoms with Crippen molar-refractivity contribution >= 4 is 29.2 Å². The Bertz CT molecular complexity index is 512. The van der Waals surface area contributed by atoms with Crippen LogP contribution in [0.25, 0.3) is 12.2 Å². The predicted molar refractivity (Wildman–Crippen MR) is 83.2 cm³/mol. The minimum atomic E-state index is 1.12. The van der Waals surface area contributed by atoms with Crippen LogP contribution in [0, 0.1) is 0 Å². The Hall–Kier alpha value is -1.54. The third kappa shape index (κ3) is 3.02. The zero-order chi connectivity index (χ0) is 12.8. The highest BCUT2D eigenvalue weighted by Gasteiger charge is 2.03. The molecule has 0 spiro atoms. The Balaban J connectivity index is 2.34. The van der Waals surface area contributed by atoms with Crippen molar-refractivity contribution in [3.05, 3.63) is 51.7 Å². The maximum Gasteiger partial charge on any atom is 0.0413 e. The molecule has 0 amide bonds. The van der Waals surface area contributed by atoms with Gasteiger partial charge in [-0.2, -0.15) is 0 Å². The average Bonchev–Trinajstić information content (AvgIpc) is 2.90. The van der Waals surface area contributed by atoms with Gasteiger partial charge in [-0.15, -0.1) is 11.3 Å². The molecule has 0 aliphatic rings. The molecule has 0 saturated carbocycles. The molecule has 1 aromatic heterocycles. The molecule has 94 valence electrons. The van der Waals surface area contributed by atoms with Gasteiger partial charge in [0.25, 0.3) is 0 Å². The van der Waals surface area contributed by atoms with E-state index in [1.165, 1.54) is 28.1 Å². The molecule has 1 aromatic carbocycles. The number of aryl methyl sites for hydroxylation is 1. The summed E-state index contributed by atoms with van der Waals surface area (Å²) >= 11 is 1.77. The van der Waals surface area contributed by atoms with E-state index in [1.807, 2.05) is 7.05 Å². The van der Waals surface area contributed by atoms with Crippen molar-refractivity contribution in [3.8, 4) is 0 Å². The molecular weight excluding hydrogens is 238 g/mol. The first-order valence-electron chi connectivity index (χ1n) is 6.36. The fourth-order valence-electron chi connectivity index (χ4n) is 2.07. The molecule has 18 heavy (non-hydrogen) atoms. The van der Waals surface area contributed by atoms with Gasteiger partial charge in [-0.25, -0.2) is 0 Å². The van der Waals surface area contributed by atoms with Crippen molar-refractivity contribution in [2.45, 2.75) is 19.8 Å². The highest BCUT2D eigenvalue weighted by Crippen LogP contribution is 2.24. The second-order valence-corrected chi connectivity index (χ2v) is 5.21. The van der Waals surface area contributed by atoms with Crippen LogP contribution in [-0.4, -0.2) is 7.05 Å². The number of benzene rings is 1. The average molecular weight is 257 g/mol. The van der Waals surface area contributed by atoms with Gasteiger partial charge in [0.15, 0.2) is 0 Å². The van der Waals surface area contributed by atoms with Crippen LogP contribution in [0.5, 0.6) is 0 Å². The molecule has 0 radical (unpaired) electrons. The first kappa shape index (κ1) is 12.9. The van der Waals surface area contributed by atoms with Gasteiger partial charge in [-0.1, -0.05) is 37.6 Å². The van der Waals surface area contributed by atoms with Gasteiger partial charge in [-0.3, -0.25) is 0 Å². The molecule has 1 heterocycles. The van der Waals surface area contributed by atoms with Crippen molar-refractivity contribution in [2.24, 2.45) is 0 Å². The van der Waals surface area contributed by atoms with Gasteiger partial charge in [0.1, 0.15) is 0 Å². The smallest absolute Gasteiger partial charge is 0.0413 e. The van der Waals surface area contributed by atoms with Crippen LogP contribution in [0.1, 0.15) is 29.3 Å². The second kappa shape index (κ2) is 6.41. The number of hydrogen-bond acceptors (Lipinski definition) is 2. The fourth-order valence-corrected chi connectivity index (χ4v) is 2.68. The zero-order valence-electron chi connectivity index (χ0n) is 10.9. The first-order valence-corrected chi connectivity index (χ1v) is 7.24. The third-order valence-electron chi connectivity index (χ3n) is 2.94. The van der Waals surface area contributed by atoms with E-state index in [4.69, 9.17) is 0 Å². The maximum atomic E-state index is 3.28. The van der Waals surface area contributed by atoms with Gasteiger partial charge < -0.3 is 5.32 Å². The van der Waals surface area contributed by atoms with E-state index in [2.05, 4.69) is 60.1 Å². The number of hydrogen-bond donors (Lipinski definition) is 1. The Labute approximate surface area is 113 Å². The monoisotopic (exact) mass is 257 g/mol. The summed E-state index contributed by atoms with van der Waals surface area (Å²) in [5, 5.41) is 5.38. The quantitative estimate of drug-likeness (QED) is 0.802. The normalized spacial score (nSPS) is 11.0. The van der Waals surface area contributed by atoms with Crippen molar-refractivity contribution in [1.82, 2.24) is 0 Å². The highest BCUT2D eigenvalue weighted by molar-refractivity contribution is 7.10. The molecular formula is C16H19NS. The molecule has 2 aromatic rings. The molecule has 0 aliphatic carbocycles.